The van der Waals surface area contributed by atoms with Crippen LogP contribution in [0.4, 0.5) is 5.69 Å². The van der Waals surface area contributed by atoms with Crippen LogP contribution in [0.25, 0.3) is 10.9 Å². The maximum atomic E-state index is 12.4. The molecule has 0 saturated heterocycles. The van der Waals surface area contributed by atoms with Gasteiger partial charge < -0.3 is 10.3 Å². The maximum absolute atomic E-state index is 12.4. The minimum Gasteiger partial charge on any atom is -0.360 e. The van der Waals surface area contributed by atoms with E-state index in [1.807, 2.05) is 43.3 Å². The molecule has 0 unspecified atom stereocenters. The Morgan fingerprint density at radius 2 is 2.00 bits per heavy atom. The average Bonchev–Trinajstić information content (AvgIpc) is 2.86. The van der Waals surface area contributed by atoms with E-state index >= 15 is 0 Å². The standard InChI is InChI=1S/C16H13ClN2O/c1-10-8-11(17)6-7-14(10)19-16(20)13-9-18-15-5-3-2-4-12(13)15/h2-9,18H,1H3,(H,19,20). The van der Waals surface area contributed by atoms with Crippen molar-refractivity contribution in [2.24, 2.45) is 0 Å². The number of H-pyrrole nitrogens is 1. The maximum Gasteiger partial charge on any atom is 0.257 e. The summed E-state index contributed by atoms with van der Waals surface area (Å²) >= 11 is 5.91. The minimum atomic E-state index is -0.132. The number of benzene rings is 2. The predicted octanol–water partition coefficient (Wildman–Crippen LogP) is 4.38. The average molecular weight is 285 g/mol. The summed E-state index contributed by atoms with van der Waals surface area (Å²) in [5, 5.41) is 4.49. The highest BCUT2D eigenvalue weighted by atomic mass is 35.5. The van der Waals surface area contributed by atoms with E-state index in [9.17, 15) is 4.79 Å². The van der Waals surface area contributed by atoms with Crippen LogP contribution in [0.3, 0.4) is 0 Å². The Morgan fingerprint density at radius 3 is 2.80 bits per heavy atom. The lowest BCUT2D eigenvalue weighted by Crippen LogP contribution is -2.12. The van der Waals surface area contributed by atoms with Crippen molar-refractivity contribution in [2.45, 2.75) is 6.92 Å². The fourth-order valence-electron chi connectivity index (χ4n) is 2.22. The molecule has 3 aromatic rings. The Bertz CT molecular complexity index is 792. The highest BCUT2D eigenvalue weighted by Gasteiger charge is 2.12. The summed E-state index contributed by atoms with van der Waals surface area (Å²) in [5.74, 6) is -0.132. The SMILES string of the molecule is Cc1cc(Cl)ccc1NC(=O)c1c[nH]c2ccccc12. The largest absolute Gasteiger partial charge is 0.360 e. The van der Waals surface area contributed by atoms with Crippen molar-refractivity contribution >= 4 is 34.1 Å². The molecule has 3 rings (SSSR count). The van der Waals surface area contributed by atoms with E-state index in [0.717, 1.165) is 22.2 Å². The third kappa shape index (κ3) is 2.28. The zero-order chi connectivity index (χ0) is 14.1. The molecule has 20 heavy (non-hydrogen) atoms. The molecule has 3 nitrogen and oxygen atoms in total. The van der Waals surface area contributed by atoms with Crippen LogP contribution in [-0.2, 0) is 0 Å². The van der Waals surface area contributed by atoms with Crippen LogP contribution in [-0.4, -0.2) is 10.9 Å². The second kappa shape index (κ2) is 5.02. The molecule has 0 aliphatic heterocycles. The Labute approximate surface area is 121 Å². The fourth-order valence-corrected chi connectivity index (χ4v) is 2.44. The first-order chi connectivity index (χ1) is 9.65. The summed E-state index contributed by atoms with van der Waals surface area (Å²) in [5.41, 5.74) is 3.29. The topological polar surface area (TPSA) is 44.9 Å². The first-order valence-corrected chi connectivity index (χ1v) is 6.66. The number of aromatic amines is 1. The molecule has 0 radical (unpaired) electrons. The number of amides is 1. The number of rotatable bonds is 2. The van der Waals surface area contributed by atoms with Gasteiger partial charge in [0, 0.05) is 27.8 Å². The summed E-state index contributed by atoms with van der Waals surface area (Å²) < 4.78 is 0. The number of aromatic nitrogens is 1. The van der Waals surface area contributed by atoms with E-state index in [0.29, 0.717) is 10.6 Å². The molecule has 1 amide bonds. The quantitative estimate of drug-likeness (QED) is 0.720. The van der Waals surface area contributed by atoms with E-state index in [1.165, 1.54) is 0 Å². The molecule has 0 spiro atoms. The van der Waals surface area contributed by atoms with E-state index in [-0.39, 0.29) is 5.91 Å². The van der Waals surface area contributed by atoms with Crippen molar-refractivity contribution in [2.75, 3.05) is 5.32 Å². The molecule has 100 valence electrons. The molecule has 0 aliphatic rings. The van der Waals surface area contributed by atoms with E-state index < -0.39 is 0 Å². The highest BCUT2D eigenvalue weighted by Crippen LogP contribution is 2.22. The number of carbonyl (C=O) groups is 1. The monoisotopic (exact) mass is 284 g/mol. The van der Waals surface area contributed by atoms with Gasteiger partial charge >= 0.3 is 0 Å². The summed E-state index contributed by atoms with van der Waals surface area (Å²) in [6.07, 6.45) is 1.73. The number of nitrogens with one attached hydrogen (secondary N) is 2. The number of hydrogen-bond donors (Lipinski definition) is 2. The van der Waals surface area contributed by atoms with Crippen LogP contribution < -0.4 is 5.32 Å². The summed E-state index contributed by atoms with van der Waals surface area (Å²) in [6, 6.07) is 13.1. The fraction of sp³-hybridized carbons (Fsp3) is 0.0625. The number of fused-ring (bicyclic) bond motifs is 1. The highest BCUT2D eigenvalue weighted by molar-refractivity contribution is 6.30. The summed E-state index contributed by atoms with van der Waals surface area (Å²) in [7, 11) is 0. The first kappa shape index (κ1) is 12.8. The third-order valence-corrected chi connectivity index (χ3v) is 3.51. The predicted molar refractivity (Wildman–Crippen MR) is 82.4 cm³/mol. The van der Waals surface area contributed by atoms with Crippen molar-refractivity contribution in [1.82, 2.24) is 4.98 Å². The minimum absolute atomic E-state index is 0.132. The number of para-hydroxylation sites is 1. The van der Waals surface area contributed by atoms with Crippen molar-refractivity contribution < 1.29 is 4.79 Å². The van der Waals surface area contributed by atoms with Gasteiger partial charge in [-0.3, -0.25) is 4.79 Å². The van der Waals surface area contributed by atoms with Gasteiger partial charge in [-0.25, -0.2) is 0 Å². The Hall–Kier alpha value is -2.26. The first-order valence-electron chi connectivity index (χ1n) is 6.29. The van der Waals surface area contributed by atoms with Gasteiger partial charge in [-0.05, 0) is 36.8 Å². The van der Waals surface area contributed by atoms with E-state index in [1.54, 1.807) is 12.3 Å². The smallest absolute Gasteiger partial charge is 0.257 e. The molecular weight excluding hydrogens is 272 g/mol. The number of halogens is 1. The van der Waals surface area contributed by atoms with Gasteiger partial charge in [0.05, 0.1) is 5.56 Å². The van der Waals surface area contributed by atoms with Gasteiger partial charge in [-0.2, -0.15) is 0 Å². The normalized spacial score (nSPS) is 10.7. The Balaban J connectivity index is 1.93. The van der Waals surface area contributed by atoms with Gasteiger partial charge in [0.25, 0.3) is 5.91 Å². The van der Waals surface area contributed by atoms with Crippen LogP contribution in [0.1, 0.15) is 15.9 Å². The molecule has 1 aromatic heterocycles. The zero-order valence-corrected chi connectivity index (χ0v) is 11.7. The van der Waals surface area contributed by atoms with Crippen LogP contribution >= 0.6 is 11.6 Å². The molecule has 0 fully saturated rings. The molecular formula is C16H13ClN2O. The van der Waals surface area contributed by atoms with Crippen LogP contribution in [0, 0.1) is 6.92 Å². The van der Waals surface area contributed by atoms with E-state index in [2.05, 4.69) is 10.3 Å². The second-order valence-corrected chi connectivity index (χ2v) is 5.10. The van der Waals surface area contributed by atoms with Crippen LogP contribution in [0.5, 0.6) is 0 Å². The van der Waals surface area contributed by atoms with Gasteiger partial charge in [0.2, 0.25) is 0 Å². The third-order valence-electron chi connectivity index (χ3n) is 3.27. The lowest BCUT2D eigenvalue weighted by molar-refractivity contribution is 0.102. The van der Waals surface area contributed by atoms with Gasteiger partial charge in [0.1, 0.15) is 0 Å². The van der Waals surface area contributed by atoms with E-state index in [4.69, 9.17) is 11.6 Å². The van der Waals surface area contributed by atoms with Crippen LogP contribution in [0.2, 0.25) is 5.02 Å². The number of hydrogen-bond acceptors (Lipinski definition) is 1. The molecule has 4 heteroatoms. The second-order valence-electron chi connectivity index (χ2n) is 4.66. The van der Waals surface area contributed by atoms with Crippen LogP contribution in [0.15, 0.2) is 48.7 Å². The molecule has 2 N–H and O–H groups in total. The number of anilines is 1. The number of carbonyl (C=O) groups excluding carboxylic acids is 1. The molecule has 1 heterocycles. The van der Waals surface area contributed by atoms with Gasteiger partial charge in [-0.1, -0.05) is 29.8 Å². The lowest BCUT2D eigenvalue weighted by Gasteiger charge is -2.08. The molecule has 0 atom stereocenters. The van der Waals surface area contributed by atoms with Crippen molar-refractivity contribution in [1.29, 1.82) is 0 Å². The molecule has 2 aromatic carbocycles. The molecule has 0 aliphatic carbocycles. The van der Waals surface area contributed by atoms with Crippen molar-refractivity contribution in [3.8, 4) is 0 Å². The number of aryl methyl sites for hydroxylation is 1. The van der Waals surface area contributed by atoms with Gasteiger partial charge in [0.15, 0.2) is 0 Å². The molecule has 0 bridgehead atoms. The van der Waals surface area contributed by atoms with Gasteiger partial charge in [-0.15, -0.1) is 0 Å². The zero-order valence-electron chi connectivity index (χ0n) is 10.9. The van der Waals surface area contributed by atoms with Crippen molar-refractivity contribution in [3.63, 3.8) is 0 Å². The summed E-state index contributed by atoms with van der Waals surface area (Å²) in [4.78, 5) is 15.5. The Morgan fingerprint density at radius 1 is 1.20 bits per heavy atom. The molecule has 0 saturated carbocycles. The van der Waals surface area contributed by atoms with Crippen molar-refractivity contribution in [3.05, 3.63) is 64.8 Å². The summed E-state index contributed by atoms with van der Waals surface area (Å²) in [6.45, 7) is 1.91. The Kier molecular flexibility index (Phi) is 3.20. The lowest BCUT2D eigenvalue weighted by atomic mass is 10.1.